The van der Waals surface area contributed by atoms with E-state index in [1.54, 1.807) is 25.3 Å². The van der Waals surface area contributed by atoms with Crippen LogP contribution in [0, 0.1) is 0 Å². The van der Waals surface area contributed by atoms with E-state index in [1.165, 1.54) is 13.2 Å². The van der Waals surface area contributed by atoms with E-state index in [2.05, 4.69) is 4.98 Å². The molecule has 0 fully saturated rings. The van der Waals surface area contributed by atoms with Gasteiger partial charge in [0.1, 0.15) is 5.75 Å². The first-order chi connectivity index (χ1) is 7.26. The second-order valence-electron chi connectivity index (χ2n) is 3.08. The first-order valence-corrected chi connectivity index (χ1v) is 4.50. The first kappa shape index (κ1) is 9.58. The van der Waals surface area contributed by atoms with E-state index in [-0.39, 0.29) is 5.43 Å². The van der Waals surface area contributed by atoms with Crippen LogP contribution in [0.25, 0.3) is 10.9 Å². The molecule has 0 aliphatic carbocycles. The third-order valence-corrected chi connectivity index (χ3v) is 2.24. The van der Waals surface area contributed by atoms with E-state index in [1.807, 2.05) is 0 Å². The third kappa shape index (κ3) is 1.54. The molecular weight excluding hydrogens is 194 g/mol. The Morgan fingerprint density at radius 2 is 2.00 bits per heavy atom. The van der Waals surface area contributed by atoms with Crippen molar-refractivity contribution >= 4 is 10.9 Å². The number of nitrogens with one attached hydrogen (secondary N) is 1. The van der Waals surface area contributed by atoms with Crippen LogP contribution in [0.3, 0.4) is 0 Å². The normalized spacial score (nSPS) is 10.3. The van der Waals surface area contributed by atoms with Crippen molar-refractivity contribution in [2.24, 2.45) is 0 Å². The summed E-state index contributed by atoms with van der Waals surface area (Å²) >= 11 is 0. The molecule has 0 aliphatic heterocycles. The molecule has 0 radical (unpaired) electrons. The second-order valence-corrected chi connectivity index (χ2v) is 3.08. The fourth-order valence-electron chi connectivity index (χ4n) is 1.50. The summed E-state index contributed by atoms with van der Waals surface area (Å²) in [7, 11) is 3.07. The van der Waals surface area contributed by atoms with Gasteiger partial charge in [0, 0.05) is 11.5 Å². The average molecular weight is 205 g/mol. The number of H-pyrrole nitrogens is 1. The van der Waals surface area contributed by atoms with Gasteiger partial charge in [0.15, 0.2) is 11.3 Å². The molecule has 0 atom stereocenters. The van der Waals surface area contributed by atoms with Crippen LogP contribution in [-0.4, -0.2) is 19.2 Å². The number of aromatic nitrogens is 1. The fraction of sp³-hybridized carbons (Fsp3) is 0.182. The number of fused-ring (bicyclic) bond motifs is 1. The maximum Gasteiger partial charge on any atom is 0.194 e. The van der Waals surface area contributed by atoms with Gasteiger partial charge in [-0.15, -0.1) is 0 Å². The van der Waals surface area contributed by atoms with Gasteiger partial charge in [-0.1, -0.05) is 6.07 Å². The number of pyridine rings is 1. The number of hydrogen-bond donors (Lipinski definition) is 1. The number of aromatic amines is 1. The number of para-hydroxylation sites is 1. The Morgan fingerprint density at radius 1 is 1.20 bits per heavy atom. The zero-order valence-electron chi connectivity index (χ0n) is 8.53. The molecule has 15 heavy (non-hydrogen) atoms. The highest BCUT2D eigenvalue weighted by Crippen LogP contribution is 2.22. The summed E-state index contributed by atoms with van der Waals surface area (Å²) in [6, 6.07) is 6.73. The lowest BCUT2D eigenvalue weighted by molar-refractivity contribution is 0.396. The molecule has 4 heteroatoms. The zero-order valence-corrected chi connectivity index (χ0v) is 8.53. The molecule has 78 valence electrons. The average Bonchev–Trinajstić information content (AvgIpc) is 2.28. The molecule has 1 aromatic carbocycles. The molecule has 2 rings (SSSR count). The summed E-state index contributed by atoms with van der Waals surface area (Å²) in [5.74, 6) is 1.06. The van der Waals surface area contributed by atoms with Gasteiger partial charge >= 0.3 is 0 Å². The van der Waals surface area contributed by atoms with Crippen molar-refractivity contribution in [2.45, 2.75) is 0 Å². The molecule has 0 saturated carbocycles. The summed E-state index contributed by atoms with van der Waals surface area (Å²) < 4.78 is 10.1. The highest BCUT2D eigenvalue weighted by molar-refractivity contribution is 5.84. The van der Waals surface area contributed by atoms with Crippen molar-refractivity contribution in [3.8, 4) is 11.6 Å². The van der Waals surface area contributed by atoms with Crippen molar-refractivity contribution in [1.29, 1.82) is 0 Å². The predicted octanol–water partition coefficient (Wildman–Crippen LogP) is 1.55. The maximum absolute atomic E-state index is 11.7. The van der Waals surface area contributed by atoms with E-state index in [4.69, 9.17) is 9.47 Å². The Labute approximate surface area is 86.5 Å². The van der Waals surface area contributed by atoms with E-state index in [0.717, 1.165) is 0 Å². The summed E-state index contributed by atoms with van der Waals surface area (Å²) in [5.41, 5.74) is 0.573. The molecule has 0 spiro atoms. The Bertz CT molecular complexity index is 545. The predicted molar refractivity (Wildman–Crippen MR) is 57.7 cm³/mol. The Balaban J connectivity index is 2.85. The van der Waals surface area contributed by atoms with E-state index in [0.29, 0.717) is 22.5 Å². The van der Waals surface area contributed by atoms with Crippen LogP contribution >= 0.6 is 0 Å². The quantitative estimate of drug-likeness (QED) is 0.809. The molecule has 1 heterocycles. The van der Waals surface area contributed by atoms with E-state index < -0.39 is 0 Å². The van der Waals surface area contributed by atoms with Crippen LogP contribution in [-0.2, 0) is 0 Å². The Morgan fingerprint density at radius 3 is 2.67 bits per heavy atom. The maximum atomic E-state index is 11.7. The SMILES string of the molecule is COc1cc(=O)c2cccc(OC)c2[nH]1. The van der Waals surface area contributed by atoms with Crippen LogP contribution < -0.4 is 14.9 Å². The van der Waals surface area contributed by atoms with Crippen LogP contribution in [0.2, 0.25) is 0 Å². The second kappa shape index (κ2) is 3.65. The standard InChI is InChI=1S/C11H11NO3/c1-14-9-5-3-4-7-8(13)6-10(15-2)12-11(7)9/h3-6H,1-2H3,(H,12,13). The smallest absolute Gasteiger partial charge is 0.194 e. The number of hydrogen-bond acceptors (Lipinski definition) is 3. The van der Waals surface area contributed by atoms with E-state index >= 15 is 0 Å². The molecule has 2 aromatic rings. The van der Waals surface area contributed by atoms with Gasteiger partial charge in [0.2, 0.25) is 0 Å². The van der Waals surface area contributed by atoms with Gasteiger partial charge in [-0.3, -0.25) is 4.79 Å². The minimum atomic E-state index is -0.0838. The molecular formula is C11H11NO3. The van der Waals surface area contributed by atoms with Gasteiger partial charge in [-0.05, 0) is 12.1 Å². The van der Waals surface area contributed by atoms with Crippen molar-refractivity contribution in [3.63, 3.8) is 0 Å². The third-order valence-electron chi connectivity index (χ3n) is 2.24. The van der Waals surface area contributed by atoms with Crippen molar-refractivity contribution in [1.82, 2.24) is 4.98 Å². The van der Waals surface area contributed by atoms with Gasteiger partial charge in [-0.2, -0.15) is 0 Å². The summed E-state index contributed by atoms with van der Waals surface area (Å²) in [6.45, 7) is 0. The molecule has 0 amide bonds. The van der Waals surface area contributed by atoms with Gasteiger partial charge in [-0.25, -0.2) is 0 Å². The number of methoxy groups -OCH3 is 2. The topological polar surface area (TPSA) is 51.3 Å². The summed E-state index contributed by atoms with van der Waals surface area (Å²) in [4.78, 5) is 14.7. The van der Waals surface area contributed by atoms with Gasteiger partial charge in [0.25, 0.3) is 0 Å². The summed E-state index contributed by atoms with van der Waals surface area (Å²) in [5, 5.41) is 0.593. The minimum absolute atomic E-state index is 0.0838. The van der Waals surface area contributed by atoms with Crippen LogP contribution in [0.4, 0.5) is 0 Å². The van der Waals surface area contributed by atoms with Crippen LogP contribution in [0.1, 0.15) is 0 Å². The minimum Gasteiger partial charge on any atom is -0.495 e. The lowest BCUT2D eigenvalue weighted by Crippen LogP contribution is -2.04. The van der Waals surface area contributed by atoms with Crippen molar-refractivity contribution in [3.05, 3.63) is 34.5 Å². The molecule has 4 nitrogen and oxygen atoms in total. The number of ether oxygens (including phenoxy) is 2. The van der Waals surface area contributed by atoms with Crippen molar-refractivity contribution in [2.75, 3.05) is 14.2 Å². The monoisotopic (exact) mass is 205 g/mol. The molecule has 1 N–H and O–H groups in total. The molecule has 0 saturated heterocycles. The highest BCUT2D eigenvalue weighted by atomic mass is 16.5. The molecule has 0 unspecified atom stereocenters. The fourth-order valence-corrected chi connectivity index (χ4v) is 1.50. The number of benzene rings is 1. The van der Waals surface area contributed by atoms with Crippen molar-refractivity contribution < 1.29 is 9.47 Å². The Kier molecular flexibility index (Phi) is 2.33. The van der Waals surface area contributed by atoms with Gasteiger partial charge in [0.05, 0.1) is 19.7 Å². The highest BCUT2D eigenvalue weighted by Gasteiger charge is 2.06. The molecule has 1 aromatic heterocycles. The van der Waals surface area contributed by atoms with Crippen LogP contribution in [0.15, 0.2) is 29.1 Å². The largest absolute Gasteiger partial charge is 0.495 e. The molecule has 0 aliphatic rings. The first-order valence-electron chi connectivity index (χ1n) is 4.50. The lowest BCUT2D eigenvalue weighted by Gasteiger charge is -2.06. The Hall–Kier alpha value is -1.97. The van der Waals surface area contributed by atoms with Gasteiger partial charge < -0.3 is 14.5 Å². The molecule has 0 bridgehead atoms. The zero-order chi connectivity index (χ0) is 10.8. The van der Waals surface area contributed by atoms with E-state index in [9.17, 15) is 4.79 Å². The summed E-state index contributed by atoms with van der Waals surface area (Å²) in [6.07, 6.45) is 0. The lowest BCUT2D eigenvalue weighted by atomic mass is 10.2. The van der Waals surface area contributed by atoms with Crippen LogP contribution in [0.5, 0.6) is 11.6 Å². The number of rotatable bonds is 2.